The van der Waals surface area contributed by atoms with E-state index in [1.165, 1.54) is 25.7 Å². The van der Waals surface area contributed by atoms with Crippen LogP contribution in [0.15, 0.2) is 0 Å². The molecule has 92 valence electrons. The van der Waals surface area contributed by atoms with Gasteiger partial charge < -0.3 is 10.2 Å². The van der Waals surface area contributed by atoms with Crippen molar-refractivity contribution in [1.29, 1.82) is 0 Å². The largest absolute Gasteiger partial charge is 0.341 e. The summed E-state index contributed by atoms with van der Waals surface area (Å²) in [6, 6.07) is 1.15. The van der Waals surface area contributed by atoms with Gasteiger partial charge in [0.05, 0.1) is 0 Å². The smallest absolute Gasteiger partial charge is 0.219 e. The number of nitrogens with zero attached hydrogens (tertiary/aromatic N) is 1. The first-order valence-corrected chi connectivity index (χ1v) is 6.68. The molecular formula is C13H24N2O. The van der Waals surface area contributed by atoms with Crippen molar-refractivity contribution in [2.24, 2.45) is 5.92 Å². The van der Waals surface area contributed by atoms with Crippen LogP contribution in [0.25, 0.3) is 0 Å². The minimum atomic E-state index is 0.220. The van der Waals surface area contributed by atoms with Gasteiger partial charge in [-0.2, -0.15) is 0 Å². The van der Waals surface area contributed by atoms with Crippen molar-refractivity contribution < 1.29 is 4.79 Å². The topological polar surface area (TPSA) is 32.3 Å². The Labute approximate surface area is 98.6 Å². The Morgan fingerprint density at radius 2 is 2.00 bits per heavy atom. The van der Waals surface area contributed by atoms with Gasteiger partial charge in [-0.05, 0) is 32.1 Å². The maximum atomic E-state index is 11.2. The zero-order chi connectivity index (χ0) is 11.5. The zero-order valence-electron chi connectivity index (χ0n) is 10.5. The molecule has 1 N–H and O–H groups in total. The van der Waals surface area contributed by atoms with Gasteiger partial charge in [0.25, 0.3) is 0 Å². The maximum Gasteiger partial charge on any atom is 0.219 e. The molecule has 2 aliphatic rings. The third-order valence-electron chi connectivity index (χ3n) is 4.24. The summed E-state index contributed by atoms with van der Waals surface area (Å²) < 4.78 is 0. The molecule has 1 aliphatic heterocycles. The van der Waals surface area contributed by atoms with E-state index in [0.717, 1.165) is 25.4 Å². The lowest BCUT2D eigenvalue weighted by Crippen LogP contribution is -2.42. The highest BCUT2D eigenvalue weighted by molar-refractivity contribution is 5.73. The molecule has 3 heteroatoms. The lowest BCUT2D eigenvalue weighted by molar-refractivity contribution is -0.127. The molecule has 1 saturated heterocycles. The van der Waals surface area contributed by atoms with Crippen LogP contribution in [-0.4, -0.2) is 36.0 Å². The minimum absolute atomic E-state index is 0.220. The van der Waals surface area contributed by atoms with E-state index in [-0.39, 0.29) is 5.91 Å². The highest BCUT2D eigenvalue weighted by Gasteiger charge is 2.28. The van der Waals surface area contributed by atoms with E-state index >= 15 is 0 Å². The molecule has 1 amide bonds. The lowest BCUT2D eigenvalue weighted by atomic mass is 9.99. The van der Waals surface area contributed by atoms with Gasteiger partial charge in [0.2, 0.25) is 5.91 Å². The van der Waals surface area contributed by atoms with Crippen molar-refractivity contribution in [3.63, 3.8) is 0 Å². The molecule has 0 aromatic carbocycles. The number of rotatable bonds is 3. The van der Waals surface area contributed by atoms with E-state index < -0.39 is 0 Å². The Morgan fingerprint density at radius 1 is 1.31 bits per heavy atom. The molecular weight excluding hydrogens is 200 g/mol. The van der Waals surface area contributed by atoms with Crippen molar-refractivity contribution >= 4 is 5.91 Å². The number of hydrogen-bond donors (Lipinski definition) is 1. The van der Waals surface area contributed by atoms with Crippen LogP contribution in [0, 0.1) is 5.92 Å². The van der Waals surface area contributed by atoms with Gasteiger partial charge in [-0.3, -0.25) is 4.79 Å². The Kier molecular flexibility index (Phi) is 3.85. The number of likely N-dealkylation sites (tertiary alicyclic amines) is 1. The van der Waals surface area contributed by atoms with Crippen LogP contribution < -0.4 is 5.32 Å². The molecule has 1 heterocycles. The van der Waals surface area contributed by atoms with Crippen LogP contribution in [0.5, 0.6) is 0 Å². The van der Waals surface area contributed by atoms with Crippen LogP contribution in [0.2, 0.25) is 0 Å². The normalized spacial score (nSPS) is 28.6. The number of amides is 1. The van der Waals surface area contributed by atoms with E-state index in [9.17, 15) is 4.79 Å². The summed E-state index contributed by atoms with van der Waals surface area (Å²) >= 11 is 0. The molecule has 0 radical (unpaired) electrons. The van der Waals surface area contributed by atoms with E-state index in [0.29, 0.717) is 12.1 Å². The molecule has 3 nitrogen and oxygen atoms in total. The molecule has 16 heavy (non-hydrogen) atoms. The number of carbonyl (C=O) groups excluding carboxylic acids is 1. The molecule has 0 aromatic heterocycles. The monoisotopic (exact) mass is 224 g/mol. The summed E-state index contributed by atoms with van der Waals surface area (Å²) in [5, 5.41) is 3.71. The predicted octanol–water partition coefficient (Wildman–Crippen LogP) is 1.78. The van der Waals surface area contributed by atoms with Crippen LogP contribution in [0.3, 0.4) is 0 Å². The van der Waals surface area contributed by atoms with Crippen molar-refractivity contribution in [2.45, 2.75) is 58.0 Å². The van der Waals surface area contributed by atoms with E-state index in [2.05, 4.69) is 12.2 Å². The van der Waals surface area contributed by atoms with Gasteiger partial charge in [0, 0.05) is 32.1 Å². The zero-order valence-corrected chi connectivity index (χ0v) is 10.5. The Bertz CT molecular complexity index is 248. The molecule has 0 aromatic rings. The Balaban J connectivity index is 1.75. The van der Waals surface area contributed by atoms with Gasteiger partial charge in [-0.1, -0.05) is 12.8 Å². The second kappa shape index (κ2) is 5.17. The highest BCUT2D eigenvalue weighted by Crippen LogP contribution is 2.28. The molecule has 2 rings (SSSR count). The molecule has 0 spiro atoms. The first-order chi connectivity index (χ1) is 7.66. The maximum absolute atomic E-state index is 11.2. The number of nitrogens with one attached hydrogen (secondary N) is 1. The fourth-order valence-corrected chi connectivity index (χ4v) is 3.15. The summed E-state index contributed by atoms with van der Waals surface area (Å²) in [5.41, 5.74) is 0. The highest BCUT2D eigenvalue weighted by atomic mass is 16.2. The summed E-state index contributed by atoms with van der Waals surface area (Å²) in [7, 11) is 0. The summed E-state index contributed by atoms with van der Waals surface area (Å²) in [5.74, 6) is 1.09. The van der Waals surface area contributed by atoms with Gasteiger partial charge >= 0.3 is 0 Å². The van der Waals surface area contributed by atoms with Gasteiger partial charge in [-0.15, -0.1) is 0 Å². The van der Waals surface area contributed by atoms with Crippen LogP contribution in [-0.2, 0) is 4.79 Å². The van der Waals surface area contributed by atoms with Crippen LogP contribution in [0.4, 0.5) is 0 Å². The number of carbonyl (C=O) groups is 1. The minimum Gasteiger partial charge on any atom is -0.341 e. The molecule has 2 unspecified atom stereocenters. The van der Waals surface area contributed by atoms with Crippen molar-refractivity contribution in [1.82, 2.24) is 10.2 Å². The second-order valence-corrected chi connectivity index (χ2v) is 5.45. The van der Waals surface area contributed by atoms with Crippen molar-refractivity contribution in [3.8, 4) is 0 Å². The fourth-order valence-electron chi connectivity index (χ4n) is 3.15. The van der Waals surface area contributed by atoms with Crippen LogP contribution in [0.1, 0.15) is 46.0 Å². The first-order valence-electron chi connectivity index (χ1n) is 6.68. The van der Waals surface area contributed by atoms with E-state index in [1.54, 1.807) is 6.92 Å². The fraction of sp³-hybridized carbons (Fsp3) is 0.923. The summed E-state index contributed by atoms with van der Waals surface area (Å²) in [6.45, 7) is 5.83. The average molecular weight is 224 g/mol. The average Bonchev–Trinajstić information content (AvgIpc) is 2.87. The lowest BCUT2D eigenvalue weighted by Gasteiger charge is -2.24. The quantitative estimate of drug-likeness (QED) is 0.792. The Hall–Kier alpha value is -0.570. The number of hydrogen-bond acceptors (Lipinski definition) is 2. The Morgan fingerprint density at radius 3 is 2.56 bits per heavy atom. The molecule has 2 atom stereocenters. The third-order valence-corrected chi connectivity index (χ3v) is 4.24. The van der Waals surface area contributed by atoms with E-state index in [4.69, 9.17) is 0 Å². The van der Waals surface area contributed by atoms with Crippen molar-refractivity contribution in [2.75, 3.05) is 13.1 Å². The van der Waals surface area contributed by atoms with Gasteiger partial charge in [0.15, 0.2) is 0 Å². The molecule has 1 saturated carbocycles. The predicted molar refractivity (Wildman–Crippen MR) is 65.2 cm³/mol. The summed E-state index contributed by atoms with van der Waals surface area (Å²) in [6.07, 6.45) is 6.70. The second-order valence-electron chi connectivity index (χ2n) is 5.45. The standard InChI is InChI=1S/C13H24N2O/c1-10(12-5-3-4-6-12)14-13-7-8-15(9-13)11(2)16/h10,12-14H,3-9H2,1-2H3. The first kappa shape index (κ1) is 11.9. The van der Waals surface area contributed by atoms with Gasteiger partial charge in [-0.25, -0.2) is 0 Å². The third kappa shape index (κ3) is 2.76. The van der Waals surface area contributed by atoms with Crippen molar-refractivity contribution in [3.05, 3.63) is 0 Å². The van der Waals surface area contributed by atoms with E-state index in [1.807, 2.05) is 4.90 Å². The molecule has 2 fully saturated rings. The summed E-state index contributed by atoms with van der Waals surface area (Å²) in [4.78, 5) is 13.2. The molecule has 1 aliphatic carbocycles. The molecule has 0 bridgehead atoms. The van der Waals surface area contributed by atoms with Crippen LogP contribution >= 0.6 is 0 Å². The SMILES string of the molecule is CC(=O)N1CCC(NC(C)C2CCCC2)C1. The van der Waals surface area contributed by atoms with Gasteiger partial charge in [0.1, 0.15) is 0 Å².